The van der Waals surface area contributed by atoms with Gasteiger partial charge in [0.2, 0.25) is 0 Å². The fraction of sp³-hybridized carbons (Fsp3) is 0.778. The van der Waals surface area contributed by atoms with Crippen LogP contribution in [-0.2, 0) is 0 Å². The van der Waals surface area contributed by atoms with Crippen molar-refractivity contribution in [2.75, 3.05) is 0 Å². The molecule has 50 valence electrons. The molecule has 1 fully saturated rings. The van der Waals surface area contributed by atoms with Gasteiger partial charge in [-0.3, -0.25) is 0 Å². The van der Waals surface area contributed by atoms with Crippen molar-refractivity contribution < 1.29 is 0 Å². The summed E-state index contributed by atoms with van der Waals surface area (Å²) < 4.78 is 0. The first kappa shape index (κ1) is 5.52. The maximum Gasteiger partial charge on any atom is -0.0172 e. The Kier molecular flexibility index (Phi) is 0.992. The summed E-state index contributed by atoms with van der Waals surface area (Å²) in [6.45, 7) is 4.62. The van der Waals surface area contributed by atoms with Gasteiger partial charge in [0, 0.05) is 0 Å². The van der Waals surface area contributed by atoms with Crippen molar-refractivity contribution in [3.8, 4) is 0 Å². The lowest BCUT2D eigenvalue weighted by atomic mass is 9.74. The minimum absolute atomic E-state index is 1.02. The minimum Gasteiger partial charge on any atom is -0.0738 e. The average molecular weight is 122 g/mol. The van der Waals surface area contributed by atoms with Crippen LogP contribution >= 0.6 is 0 Å². The molecule has 1 saturated carbocycles. The van der Waals surface area contributed by atoms with E-state index in [2.05, 4.69) is 13.8 Å². The smallest absolute Gasteiger partial charge is 0.0172 e. The van der Waals surface area contributed by atoms with E-state index in [1.807, 2.05) is 0 Å². The molecule has 0 N–H and O–H groups in total. The van der Waals surface area contributed by atoms with Gasteiger partial charge in [-0.2, -0.15) is 0 Å². The summed E-state index contributed by atoms with van der Waals surface area (Å²) in [5.74, 6) is 2.09. The standard InChI is InChI=1S/C9H14/c1-6-5-8-3-4-9(8)7(6)2/h8-9H,3-5H2,1-2H3. The molecule has 0 aromatic carbocycles. The average Bonchev–Trinajstić information content (AvgIpc) is 1.92. The van der Waals surface area contributed by atoms with Crippen LogP contribution in [0.25, 0.3) is 0 Å². The highest BCUT2D eigenvalue weighted by Gasteiger charge is 2.37. The van der Waals surface area contributed by atoms with Crippen LogP contribution in [0.15, 0.2) is 11.1 Å². The molecule has 2 unspecified atom stereocenters. The molecule has 0 bridgehead atoms. The Balaban J connectivity index is 2.23. The highest BCUT2D eigenvalue weighted by atomic mass is 14.4. The highest BCUT2D eigenvalue weighted by Crippen LogP contribution is 2.49. The van der Waals surface area contributed by atoms with Crippen molar-refractivity contribution in [3.05, 3.63) is 11.1 Å². The zero-order chi connectivity index (χ0) is 6.43. The number of hydrogen-bond donors (Lipinski definition) is 0. The molecule has 2 rings (SSSR count). The van der Waals surface area contributed by atoms with E-state index in [4.69, 9.17) is 0 Å². The van der Waals surface area contributed by atoms with Crippen LogP contribution in [0.5, 0.6) is 0 Å². The summed E-state index contributed by atoms with van der Waals surface area (Å²) in [7, 11) is 0. The normalized spacial score (nSPS) is 40.7. The van der Waals surface area contributed by atoms with E-state index in [1.54, 1.807) is 11.1 Å². The Hall–Kier alpha value is -0.260. The van der Waals surface area contributed by atoms with Gasteiger partial charge in [0.15, 0.2) is 0 Å². The zero-order valence-corrected chi connectivity index (χ0v) is 6.28. The third-order valence-electron chi connectivity index (χ3n) is 3.22. The maximum atomic E-state index is 2.32. The first-order chi connectivity index (χ1) is 4.29. The van der Waals surface area contributed by atoms with Gasteiger partial charge >= 0.3 is 0 Å². The first-order valence-corrected chi connectivity index (χ1v) is 3.95. The predicted molar refractivity (Wildman–Crippen MR) is 39.2 cm³/mol. The van der Waals surface area contributed by atoms with Crippen LogP contribution in [0.1, 0.15) is 33.1 Å². The lowest BCUT2D eigenvalue weighted by Gasteiger charge is -2.31. The van der Waals surface area contributed by atoms with Crippen LogP contribution in [0, 0.1) is 11.8 Å². The Morgan fingerprint density at radius 2 is 2.00 bits per heavy atom. The second-order valence-corrected chi connectivity index (χ2v) is 3.61. The van der Waals surface area contributed by atoms with E-state index in [0.29, 0.717) is 0 Å². The van der Waals surface area contributed by atoms with Gasteiger partial charge in [0.1, 0.15) is 0 Å². The molecular weight excluding hydrogens is 108 g/mol. The van der Waals surface area contributed by atoms with Crippen LogP contribution in [0.4, 0.5) is 0 Å². The molecule has 2 aliphatic rings. The lowest BCUT2D eigenvalue weighted by molar-refractivity contribution is 0.237. The minimum atomic E-state index is 1.02. The van der Waals surface area contributed by atoms with Crippen molar-refractivity contribution in [2.24, 2.45) is 11.8 Å². The van der Waals surface area contributed by atoms with Crippen molar-refractivity contribution in [2.45, 2.75) is 33.1 Å². The molecule has 0 spiro atoms. The van der Waals surface area contributed by atoms with Gasteiger partial charge in [0.25, 0.3) is 0 Å². The quantitative estimate of drug-likeness (QED) is 0.433. The lowest BCUT2D eigenvalue weighted by Crippen LogP contribution is -2.21. The molecule has 0 aromatic heterocycles. The summed E-state index contributed by atoms with van der Waals surface area (Å²) in [4.78, 5) is 0. The molecule has 0 heterocycles. The number of fused-ring (bicyclic) bond motifs is 1. The third kappa shape index (κ3) is 0.593. The van der Waals surface area contributed by atoms with Crippen LogP contribution in [-0.4, -0.2) is 0 Å². The van der Waals surface area contributed by atoms with E-state index in [0.717, 1.165) is 11.8 Å². The fourth-order valence-electron chi connectivity index (χ4n) is 2.25. The molecule has 0 heteroatoms. The molecule has 2 atom stereocenters. The zero-order valence-electron chi connectivity index (χ0n) is 6.28. The topological polar surface area (TPSA) is 0 Å². The second-order valence-electron chi connectivity index (χ2n) is 3.61. The van der Waals surface area contributed by atoms with E-state index >= 15 is 0 Å². The summed E-state index contributed by atoms with van der Waals surface area (Å²) in [5.41, 5.74) is 3.40. The highest BCUT2D eigenvalue weighted by molar-refractivity contribution is 5.24. The molecule has 2 aliphatic carbocycles. The van der Waals surface area contributed by atoms with Crippen molar-refractivity contribution in [3.63, 3.8) is 0 Å². The van der Waals surface area contributed by atoms with Crippen LogP contribution < -0.4 is 0 Å². The second kappa shape index (κ2) is 1.62. The van der Waals surface area contributed by atoms with E-state index in [1.165, 1.54) is 19.3 Å². The SMILES string of the molecule is CC1=C(C)C2CCC2C1. The third-order valence-corrected chi connectivity index (χ3v) is 3.22. The fourth-order valence-corrected chi connectivity index (χ4v) is 2.25. The van der Waals surface area contributed by atoms with Gasteiger partial charge in [0.05, 0.1) is 0 Å². The molecule has 0 aromatic rings. The van der Waals surface area contributed by atoms with Gasteiger partial charge in [-0.15, -0.1) is 0 Å². The molecule has 9 heavy (non-hydrogen) atoms. The van der Waals surface area contributed by atoms with Crippen molar-refractivity contribution >= 4 is 0 Å². The summed E-state index contributed by atoms with van der Waals surface area (Å²) >= 11 is 0. The Morgan fingerprint density at radius 3 is 2.22 bits per heavy atom. The number of hydrogen-bond acceptors (Lipinski definition) is 0. The van der Waals surface area contributed by atoms with E-state index in [-0.39, 0.29) is 0 Å². The molecule has 0 aliphatic heterocycles. The van der Waals surface area contributed by atoms with Crippen LogP contribution in [0.2, 0.25) is 0 Å². The van der Waals surface area contributed by atoms with Gasteiger partial charge in [-0.05, 0) is 44.9 Å². The number of allylic oxidation sites excluding steroid dienone is 2. The van der Waals surface area contributed by atoms with Gasteiger partial charge < -0.3 is 0 Å². The maximum absolute atomic E-state index is 2.32. The molecule has 0 nitrogen and oxygen atoms in total. The van der Waals surface area contributed by atoms with E-state index in [9.17, 15) is 0 Å². The predicted octanol–water partition coefficient (Wildman–Crippen LogP) is 2.75. The van der Waals surface area contributed by atoms with Crippen molar-refractivity contribution in [1.82, 2.24) is 0 Å². The Bertz CT molecular complexity index is 165. The van der Waals surface area contributed by atoms with E-state index < -0.39 is 0 Å². The molecular formula is C9H14. The summed E-state index contributed by atoms with van der Waals surface area (Å²) in [6, 6.07) is 0. The monoisotopic (exact) mass is 122 g/mol. The summed E-state index contributed by atoms with van der Waals surface area (Å²) in [6.07, 6.45) is 4.39. The van der Waals surface area contributed by atoms with Gasteiger partial charge in [-0.1, -0.05) is 11.1 Å². The summed E-state index contributed by atoms with van der Waals surface area (Å²) in [5, 5.41) is 0. The molecule has 0 saturated heterocycles. The Labute approximate surface area is 57.0 Å². The molecule has 0 amide bonds. The number of rotatable bonds is 0. The largest absolute Gasteiger partial charge is 0.0738 e. The Morgan fingerprint density at radius 1 is 1.22 bits per heavy atom. The van der Waals surface area contributed by atoms with Crippen LogP contribution in [0.3, 0.4) is 0 Å². The van der Waals surface area contributed by atoms with Gasteiger partial charge in [-0.25, -0.2) is 0 Å². The molecule has 0 radical (unpaired) electrons. The first-order valence-electron chi connectivity index (χ1n) is 3.95. The van der Waals surface area contributed by atoms with Crippen molar-refractivity contribution in [1.29, 1.82) is 0 Å².